The average molecular weight is 447 g/mol. The highest BCUT2D eigenvalue weighted by Crippen LogP contribution is 2.25. The lowest BCUT2D eigenvalue weighted by Gasteiger charge is -2.24. The van der Waals surface area contributed by atoms with Crippen LogP contribution in [-0.4, -0.2) is 20.9 Å². The first kappa shape index (κ1) is 21.8. The van der Waals surface area contributed by atoms with E-state index in [1.165, 1.54) is 24.3 Å². The van der Waals surface area contributed by atoms with E-state index in [9.17, 15) is 17.6 Å². The first-order chi connectivity index (χ1) is 14.2. The molecule has 0 spiro atoms. The highest BCUT2D eigenvalue weighted by atomic mass is 35.5. The third kappa shape index (κ3) is 4.98. The van der Waals surface area contributed by atoms with E-state index in [-0.39, 0.29) is 10.6 Å². The molecule has 3 aromatic rings. The molecular weight excluding hydrogens is 427 g/mol. The van der Waals surface area contributed by atoms with Gasteiger partial charge in [0.2, 0.25) is 5.91 Å². The zero-order chi connectivity index (χ0) is 21.9. The second kappa shape index (κ2) is 8.85. The van der Waals surface area contributed by atoms with Gasteiger partial charge < -0.3 is 5.32 Å². The molecule has 0 saturated carbocycles. The Kier molecular flexibility index (Phi) is 6.43. The topological polar surface area (TPSA) is 66.5 Å². The lowest BCUT2D eigenvalue weighted by atomic mass is 10.2. The van der Waals surface area contributed by atoms with Gasteiger partial charge in [-0.05, 0) is 67.9 Å². The molecule has 0 saturated heterocycles. The summed E-state index contributed by atoms with van der Waals surface area (Å²) in [5.74, 6) is -1.06. The van der Waals surface area contributed by atoms with Gasteiger partial charge >= 0.3 is 0 Å². The number of rotatable bonds is 6. The van der Waals surface area contributed by atoms with Crippen LogP contribution in [0, 0.1) is 19.7 Å². The maximum absolute atomic E-state index is 13.4. The molecular formula is C22H20ClFN2O3S. The normalized spacial score (nSPS) is 11.2. The van der Waals surface area contributed by atoms with Crippen LogP contribution in [-0.2, 0) is 14.8 Å². The van der Waals surface area contributed by atoms with E-state index in [0.29, 0.717) is 10.7 Å². The summed E-state index contributed by atoms with van der Waals surface area (Å²) in [4.78, 5) is 12.8. The Bertz CT molecular complexity index is 1160. The fraction of sp³-hybridized carbons (Fsp3) is 0.136. The van der Waals surface area contributed by atoms with Crippen molar-refractivity contribution in [3.8, 4) is 0 Å². The van der Waals surface area contributed by atoms with Crippen LogP contribution in [0.15, 0.2) is 71.6 Å². The van der Waals surface area contributed by atoms with Crippen molar-refractivity contribution in [2.75, 3.05) is 16.2 Å². The highest BCUT2D eigenvalue weighted by molar-refractivity contribution is 7.92. The number of halogens is 2. The maximum atomic E-state index is 13.4. The number of carbonyl (C=O) groups is 1. The lowest BCUT2D eigenvalue weighted by molar-refractivity contribution is -0.114. The van der Waals surface area contributed by atoms with Gasteiger partial charge in [-0.3, -0.25) is 9.10 Å². The summed E-state index contributed by atoms with van der Waals surface area (Å²) in [6.45, 7) is 3.15. The van der Waals surface area contributed by atoms with Gasteiger partial charge in [-0.15, -0.1) is 0 Å². The molecule has 1 N–H and O–H groups in total. The van der Waals surface area contributed by atoms with Gasteiger partial charge in [0, 0.05) is 10.7 Å². The van der Waals surface area contributed by atoms with Crippen LogP contribution in [0.1, 0.15) is 11.1 Å². The first-order valence-electron chi connectivity index (χ1n) is 9.08. The Hall–Kier alpha value is -2.90. The molecule has 8 heteroatoms. The van der Waals surface area contributed by atoms with Crippen LogP contribution in [0.3, 0.4) is 0 Å². The molecule has 0 aliphatic rings. The summed E-state index contributed by atoms with van der Waals surface area (Å²) in [5, 5.41) is 3.13. The van der Waals surface area contributed by atoms with Crippen LogP contribution in [0.2, 0.25) is 5.02 Å². The minimum Gasteiger partial charge on any atom is -0.324 e. The van der Waals surface area contributed by atoms with E-state index in [1.807, 2.05) is 6.92 Å². The Morgan fingerprint density at radius 2 is 1.63 bits per heavy atom. The van der Waals surface area contributed by atoms with Crippen molar-refractivity contribution < 1.29 is 17.6 Å². The van der Waals surface area contributed by atoms with Crippen molar-refractivity contribution in [3.05, 3.63) is 88.7 Å². The van der Waals surface area contributed by atoms with E-state index in [2.05, 4.69) is 5.32 Å². The molecule has 5 nitrogen and oxygen atoms in total. The number of carbonyl (C=O) groups excluding carboxylic acids is 1. The van der Waals surface area contributed by atoms with Gasteiger partial charge in [-0.1, -0.05) is 35.4 Å². The predicted molar refractivity (Wildman–Crippen MR) is 117 cm³/mol. The van der Waals surface area contributed by atoms with E-state index in [0.717, 1.165) is 27.6 Å². The third-order valence-electron chi connectivity index (χ3n) is 4.48. The van der Waals surface area contributed by atoms with Crippen molar-refractivity contribution in [1.29, 1.82) is 0 Å². The number of nitrogens with one attached hydrogen (secondary N) is 1. The van der Waals surface area contributed by atoms with Gasteiger partial charge in [0.05, 0.1) is 10.6 Å². The second-order valence-corrected chi connectivity index (χ2v) is 9.11. The Labute approximate surface area is 180 Å². The summed E-state index contributed by atoms with van der Waals surface area (Å²) in [7, 11) is -4.07. The SMILES string of the molecule is Cc1ccc(S(=O)(=O)N(CC(=O)Nc2cc(Cl)ccc2C)c2ccc(F)cc2)cc1. The summed E-state index contributed by atoms with van der Waals surface area (Å²) in [5.41, 5.74) is 2.34. The minimum atomic E-state index is -4.07. The molecule has 0 radical (unpaired) electrons. The monoisotopic (exact) mass is 446 g/mol. The van der Waals surface area contributed by atoms with Crippen molar-refractivity contribution in [3.63, 3.8) is 0 Å². The molecule has 0 fully saturated rings. The Balaban J connectivity index is 1.95. The molecule has 1 amide bonds. The number of hydrogen-bond acceptors (Lipinski definition) is 3. The standard InChI is InChI=1S/C22H20ClFN2O3S/c1-15-3-11-20(12-4-15)30(28,29)26(19-9-7-18(24)8-10-19)14-22(27)25-21-13-17(23)6-5-16(21)2/h3-13H,14H2,1-2H3,(H,25,27). The first-order valence-corrected chi connectivity index (χ1v) is 10.9. The van der Waals surface area contributed by atoms with E-state index in [4.69, 9.17) is 11.6 Å². The van der Waals surface area contributed by atoms with Crippen LogP contribution in [0.25, 0.3) is 0 Å². The van der Waals surface area contributed by atoms with Gasteiger partial charge in [-0.25, -0.2) is 12.8 Å². The largest absolute Gasteiger partial charge is 0.324 e. The summed E-state index contributed by atoms with van der Waals surface area (Å²) < 4.78 is 40.9. The molecule has 0 aliphatic heterocycles. The zero-order valence-electron chi connectivity index (χ0n) is 16.4. The van der Waals surface area contributed by atoms with Crippen LogP contribution >= 0.6 is 11.6 Å². The quantitative estimate of drug-likeness (QED) is 0.583. The average Bonchev–Trinajstić information content (AvgIpc) is 2.70. The maximum Gasteiger partial charge on any atom is 0.264 e. The molecule has 0 unspecified atom stereocenters. The number of anilines is 2. The van der Waals surface area contributed by atoms with Crippen molar-refractivity contribution in [1.82, 2.24) is 0 Å². The van der Waals surface area contributed by atoms with Crippen LogP contribution < -0.4 is 9.62 Å². The highest BCUT2D eigenvalue weighted by Gasteiger charge is 2.27. The van der Waals surface area contributed by atoms with Gasteiger partial charge in [-0.2, -0.15) is 0 Å². The smallest absolute Gasteiger partial charge is 0.264 e. The van der Waals surface area contributed by atoms with Crippen LogP contribution in [0.5, 0.6) is 0 Å². The number of hydrogen-bond donors (Lipinski definition) is 1. The molecule has 30 heavy (non-hydrogen) atoms. The fourth-order valence-electron chi connectivity index (χ4n) is 2.81. The third-order valence-corrected chi connectivity index (χ3v) is 6.51. The molecule has 156 valence electrons. The number of aryl methyl sites for hydroxylation is 2. The summed E-state index contributed by atoms with van der Waals surface area (Å²) in [6.07, 6.45) is 0. The predicted octanol–water partition coefficient (Wildman–Crippen LogP) is 4.93. The number of amides is 1. The van der Waals surface area contributed by atoms with Crippen LogP contribution in [0.4, 0.5) is 15.8 Å². The lowest BCUT2D eigenvalue weighted by Crippen LogP contribution is -2.38. The molecule has 3 aromatic carbocycles. The zero-order valence-corrected chi connectivity index (χ0v) is 18.0. The molecule has 0 heterocycles. The molecule has 0 atom stereocenters. The van der Waals surface area contributed by atoms with Crippen molar-refractivity contribution in [2.45, 2.75) is 18.7 Å². The number of benzene rings is 3. The van der Waals surface area contributed by atoms with Gasteiger partial charge in [0.25, 0.3) is 10.0 Å². The van der Waals surface area contributed by atoms with E-state index < -0.39 is 28.3 Å². The van der Waals surface area contributed by atoms with Gasteiger partial charge in [0.1, 0.15) is 12.4 Å². The summed E-state index contributed by atoms with van der Waals surface area (Å²) in [6, 6.07) is 16.2. The number of sulfonamides is 1. The van der Waals surface area contributed by atoms with Crippen molar-refractivity contribution >= 4 is 38.9 Å². The molecule has 0 aromatic heterocycles. The van der Waals surface area contributed by atoms with Crippen molar-refractivity contribution in [2.24, 2.45) is 0 Å². The molecule has 3 rings (SSSR count). The second-order valence-electron chi connectivity index (χ2n) is 6.81. The Morgan fingerprint density at radius 1 is 1.00 bits per heavy atom. The molecule has 0 bridgehead atoms. The van der Waals surface area contributed by atoms with E-state index in [1.54, 1.807) is 37.3 Å². The minimum absolute atomic E-state index is 0.0316. The van der Waals surface area contributed by atoms with Gasteiger partial charge in [0.15, 0.2) is 0 Å². The number of nitrogens with zero attached hydrogens (tertiary/aromatic N) is 1. The fourth-order valence-corrected chi connectivity index (χ4v) is 4.40. The molecule has 0 aliphatic carbocycles. The Morgan fingerprint density at radius 3 is 2.27 bits per heavy atom. The van der Waals surface area contributed by atoms with E-state index >= 15 is 0 Å². The summed E-state index contributed by atoms with van der Waals surface area (Å²) >= 11 is 5.99.